The summed E-state index contributed by atoms with van der Waals surface area (Å²) < 4.78 is 1.55. The van der Waals surface area contributed by atoms with Gasteiger partial charge in [0.15, 0.2) is 0 Å². The fraction of sp³-hybridized carbons (Fsp3) is 0.611. The molecule has 8 nitrogen and oxygen atoms in total. The Hall–Kier alpha value is -2.16. The molecular weight excluding hydrogens is 366 g/mol. The van der Waals surface area contributed by atoms with Crippen LogP contribution >= 0.6 is 11.8 Å². The second-order valence-electron chi connectivity index (χ2n) is 7.13. The molecule has 0 fully saturated rings. The fourth-order valence-corrected chi connectivity index (χ4v) is 3.97. The number of carbonyl (C=O) groups excluding carboxylic acids is 1. The molecule has 1 amide bonds. The third-order valence-corrected chi connectivity index (χ3v) is 5.29. The number of aromatic nitrogens is 4. The molecule has 0 spiro atoms. The lowest BCUT2D eigenvalue weighted by atomic mass is 10.1. The second kappa shape index (κ2) is 8.24. The van der Waals surface area contributed by atoms with Gasteiger partial charge in [0.25, 0.3) is 5.78 Å². The summed E-state index contributed by atoms with van der Waals surface area (Å²) in [5, 5.41) is 13.6. The molecule has 2 aromatic rings. The normalized spacial score (nSPS) is 12.8. The predicted molar refractivity (Wildman–Crippen MR) is 104 cm³/mol. The van der Waals surface area contributed by atoms with Gasteiger partial charge in [0.05, 0.1) is 11.7 Å². The van der Waals surface area contributed by atoms with Crippen LogP contribution in [0.15, 0.2) is 5.16 Å². The smallest absolute Gasteiger partial charge is 0.307 e. The lowest BCUT2D eigenvalue weighted by molar-refractivity contribution is -0.136. The highest BCUT2D eigenvalue weighted by atomic mass is 32.2. The molecule has 0 radical (unpaired) electrons. The maximum absolute atomic E-state index is 12.8. The van der Waals surface area contributed by atoms with Crippen LogP contribution in [0.25, 0.3) is 5.78 Å². The van der Waals surface area contributed by atoms with Crippen molar-refractivity contribution in [3.8, 4) is 0 Å². The number of nitrogens with zero attached hydrogens (tertiary/aromatic N) is 5. The first kappa shape index (κ1) is 21.1. The average Bonchev–Trinajstić information content (AvgIpc) is 2.92. The molecule has 2 heterocycles. The minimum atomic E-state index is -0.918. The van der Waals surface area contributed by atoms with E-state index in [9.17, 15) is 9.59 Å². The van der Waals surface area contributed by atoms with Crippen LogP contribution in [0.5, 0.6) is 0 Å². The summed E-state index contributed by atoms with van der Waals surface area (Å²) in [6.07, 6.45) is -0.116. The number of rotatable bonds is 7. The van der Waals surface area contributed by atoms with Crippen LogP contribution in [-0.2, 0) is 16.0 Å². The highest BCUT2D eigenvalue weighted by molar-refractivity contribution is 8.00. The van der Waals surface area contributed by atoms with E-state index in [2.05, 4.69) is 15.1 Å². The standard InChI is InChI=1S/C18H27N5O3S/c1-9(2)22(10(3)4)16(26)13(7)27-18-20-17-19-11(5)14(8-15(24)25)12(6)23(17)21-18/h9-10,13H,8H2,1-7H3,(H,24,25)/t13-/m1/s1. The van der Waals surface area contributed by atoms with Crippen LogP contribution in [0, 0.1) is 13.8 Å². The van der Waals surface area contributed by atoms with Gasteiger partial charge in [-0.1, -0.05) is 11.8 Å². The molecule has 0 aliphatic heterocycles. The van der Waals surface area contributed by atoms with E-state index in [0.29, 0.717) is 27.9 Å². The van der Waals surface area contributed by atoms with Crippen LogP contribution < -0.4 is 0 Å². The Kier molecular flexibility index (Phi) is 6.46. The Morgan fingerprint density at radius 2 is 1.70 bits per heavy atom. The van der Waals surface area contributed by atoms with Crippen LogP contribution in [0.2, 0.25) is 0 Å². The van der Waals surface area contributed by atoms with Gasteiger partial charge < -0.3 is 10.0 Å². The van der Waals surface area contributed by atoms with Crippen molar-refractivity contribution in [1.82, 2.24) is 24.5 Å². The Balaban J connectivity index is 2.31. The Morgan fingerprint density at radius 1 is 1.11 bits per heavy atom. The highest BCUT2D eigenvalue weighted by Gasteiger charge is 2.27. The zero-order valence-corrected chi connectivity index (χ0v) is 17.7. The molecule has 0 aromatic carbocycles. The fourth-order valence-electron chi connectivity index (χ4n) is 3.17. The van der Waals surface area contributed by atoms with Crippen LogP contribution in [-0.4, -0.2) is 58.8 Å². The first-order valence-electron chi connectivity index (χ1n) is 8.96. The van der Waals surface area contributed by atoms with Crippen LogP contribution in [0.1, 0.15) is 51.6 Å². The zero-order valence-electron chi connectivity index (χ0n) is 16.8. The molecule has 2 rings (SSSR count). The number of aryl methyl sites for hydroxylation is 2. The monoisotopic (exact) mass is 393 g/mol. The number of fused-ring (bicyclic) bond motifs is 1. The van der Waals surface area contributed by atoms with Crippen LogP contribution in [0.4, 0.5) is 0 Å². The van der Waals surface area contributed by atoms with E-state index in [0.717, 1.165) is 0 Å². The van der Waals surface area contributed by atoms with Crippen molar-refractivity contribution >= 4 is 29.4 Å². The number of hydrogen-bond acceptors (Lipinski definition) is 6. The van der Waals surface area contributed by atoms with E-state index < -0.39 is 5.97 Å². The Labute approximate surface area is 163 Å². The van der Waals surface area contributed by atoms with E-state index >= 15 is 0 Å². The van der Waals surface area contributed by atoms with Crippen molar-refractivity contribution in [2.45, 2.75) is 77.4 Å². The molecule has 27 heavy (non-hydrogen) atoms. The lowest BCUT2D eigenvalue weighted by Gasteiger charge is -2.32. The van der Waals surface area contributed by atoms with E-state index in [4.69, 9.17) is 5.11 Å². The summed E-state index contributed by atoms with van der Waals surface area (Å²) >= 11 is 1.28. The van der Waals surface area contributed by atoms with Crippen molar-refractivity contribution in [3.05, 3.63) is 17.0 Å². The highest BCUT2D eigenvalue weighted by Crippen LogP contribution is 2.24. The quantitative estimate of drug-likeness (QED) is 0.721. The van der Waals surface area contributed by atoms with Gasteiger partial charge in [-0.2, -0.15) is 4.98 Å². The van der Waals surface area contributed by atoms with E-state index in [1.54, 1.807) is 18.4 Å². The number of amides is 1. The second-order valence-corrected chi connectivity index (χ2v) is 8.44. The molecule has 0 aliphatic carbocycles. The number of carbonyl (C=O) groups is 2. The summed E-state index contributed by atoms with van der Waals surface area (Å²) in [5.41, 5.74) is 1.96. The third-order valence-electron chi connectivity index (χ3n) is 4.35. The largest absolute Gasteiger partial charge is 0.481 e. The molecule has 0 unspecified atom stereocenters. The number of thioether (sulfide) groups is 1. The molecule has 1 N–H and O–H groups in total. The van der Waals surface area contributed by atoms with Crippen molar-refractivity contribution in [2.75, 3.05) is 0 Å². The minimum Gasteiger partial charge on any atom is -0.481 e. The van der Waals surface area contributed by atoms with Gasteiger partial charge in [-0.3, -0.25) is 9.59 Å². The summed E-state index contributed by atoms with van der Waals surface area (Å²) in [4.78, 5) is 34.5. The predicted octanol–water partition coefficient (Wildman–Crippen LogP) is 2.49. The summed E-state index contributed by atoms with van der Waals surface area (Å²) in [6.45, 7) is 13.4. The van der Waals surface area contributed by atoms with E-state index in [1.165, 1.54) is 11.8 Å². The number of carboxylic acids is 1. The maximum atomic E-state index is 12.8. The van der Waals surface area contributed by atoms with E-state index in [-0.39, 0.29) is 29.7 Å². The zero-order chi connectivity index (χ0) is 20.5. The van der Waals surface area contributed by atoms with Crippen LogP contribution in [0.3, 0.4) is 0 Å². The SMILES string of the molecule is Cc1nc2nc(S[C@H](C)C(=O)N(C(C)C)C(C)C)nn2c(C)c1CC(=O)O. The number of aliphatic carboxylic acids is 1. The van der Waals surface area contributed by atoms with E-state index in [1.807, 2.05) is 39.5 Å². The Bertz CT molecular complexity index is 854. The van der Waals surface area contributed by atoms with Gasteiger partial charge in [-0.15, -0.1) is 5.10 Å². The lowest BCUT2D eigenvalue weighted by Crippen LogP contribution is -2.45. The Morgan fingerprint density at radius 3 is 2.22 bits per heavy atom. The topological polar surface area (TPSA) is 101 Å². The third kappa shape index (κ3) is 4.58. The molecule has 1 atom stereocenters. The van der Waals surface area contributed by atoms with Gasteiger partial charge in [0.2, 0.25) is 11.1 Å². The van der Waals surface area contributed by atoms with Gasteiger partial charge in [0.1, 0.15) is 0 Å². The molecule has 0 aliphatic rings. The van der Waals surface area contributed by atoms with Crippen molar-refractivity contribution in [2.24, 2.45) is 0 Å². The molecule has 2 aromatic heterocycles. The number of hydrogen-bond donors (Lipinski definition) is 1. The average molecular weight is 394 g/mol. The first-order chi connectivity index (χ1) is 12.5. The minimum absolute atomic E-state index is 0.0382. The van der Waals surface area contributed by atoms with Crippen molar-refractivity contribution < 1.29 is 14.7 Å². The summed E-state index contributed by atoms with van der Waals surface area (Å²) in [7, 11) is 0. The van der Waals surface area contributed by atoms with Gasteiger partial charge in [-0.25, -0.2) is 9.50 Å². The molecule has 148 valence electrons. The molecule has 0 saturated carbocycles. The summed E-state index contributed by atoms with van der Waals surface area (Å²) in [6, 6.07) is 0.222. The molecule has 0 saturated heterocycles. The molecule has 0 bridgehead atoms. The van der Waals surface area contributed by atoms with Gasteiger partial charge in [-0.05, 0) is 48.5 Å². The van der Waals surface area contributed by atoms with Gasteiger partial charge in [0, 0.05) is 29.0 Å². The first-order valence-corrected chi connectivity index (χ1v) is 9.84. The van der Waals surface area contributed by atoms with Crippen molar-refractivity contribution in [1.29, 1.82) is 0 Å². The summed E-state index contributed by atoms with van der Waals surface area (Å²) in [5.74, 6) is -0.471. The number of carboxylic acid groups (broad SMARTS) is 1. The van der Waals surface area contributed by atoms with Gasteiger partial charge >= 0.3 is 5.97 Å². The molecule has 9 heteroatoms. The molecular formula is C18H27N5O3S. The van der Waals surface area contributed by atoms with Crippen molar-refractivity contribution in [3.63, 3.8) is 0 Å². The maximum Gasteiger partial charge on any atom is 0.307 e.